The van der Waals surface area contributed by atoms with Gasteiger partial charge in [-0.1, -0.05) is 17.7 Å². The van der Waals surface area contributed by atoms with Gasteiger partial charge in [0.2, 0.25) is 15.9 Å². The standard InChI is InChI=1S/C18H19N3O5S/c1-11-2-5-13(6-3-11)27(25,26)19-9-8-15-17(22)21-14-7-4-12(18(23)24)10-16(14)20-15/h2-7,10,15,19-20H,8-9H2,1H3,(H,21,22)(H,23,24). The number of hydrogen-bond acceptors (Lipinski definition) is 5. The molecule has 1 aliphatic heterocycles. The molecule has 8 nitrogen and oxygen atoms in total. The van der Waals surface area contributed by atoms with Gasteiger partial charge in [0.1, 0.15) is 6.04 Å². The molecule has 2 aromatic rings. The summed E-state index contributed by atoms with van der Waals surface area (Å²) in [6.45, 7) is 1.92. The maximum Gasteiger partial charge on any atom is 0.335 e. The predicted molar refractivity (Wildman–Crippen MR) is 100 cm³/mol. The van der Waals surface area contributed by atoms with Crippen molar-refractivity contribution in [1.29, 1.82) is 0 Å². The number of hydrogen-bond donors (Lipinski definition) is 4. The number of carboxylic acid groups (broad SMARTS) is 1. The molecule has 9 heteroatoms. The van der Waals surface area contributed by atoms with Crippen LogP contribution >= 0.6 is 0 Å². The van der Waals surface area contributed by atoms with Crippen LogP contribution in [0, 0.1) is 6.92 Å². The number of rotatable bonds is 6. The fraction of sp³-hybridized carbons (Fsp3) is 0.222. The molecule has 142 valence electrons. The van der Waals surface area contributed by atoms with Gasteiger partial charge in [-0.15, -0.1) is 0 Å². The Labute approximate surface area is 156 Å². The summed E-state index contributed by atoms with van der Waals surface area (Å²) in [7, 11) is -3.66. The van der Waals surface area contributed by atoms with Crippen LogP contribution in [0.2, 0.25) is 0 Å². The van der Waals surface area contributed by atoms with Crippen molar-refractivity contribution in [3.8, 4) is 0 Å². The molecule has 0 saturated heterocycles. The predicted octanol–water partition coefficient (Wildman–Crippen LogP) is 1.79. The normalized spacial score (nSPS) is 16.2. The average molecular weight is 389 g/mol. The summed E-state index contributed by atoms with van der Waals surface area (Å²) in [6, 6.07) is 10.1. The molecule has 1 unspecified atom stereocenters. The van der Waals surface area contributed by atoms with Crippen molar-refractivity contribution in [1.82, 2.24) is 4.72 Å². The summed E-state index contributed by atoms with van der Waals surface area (Å²) in [5.41, 5.74) is 2.02. The Bertz CT molecular complexity index is 987. The largest absolute Gasteiger partial charge is 0.478 e. The number of fused-ring (bicyclic) bond motifs is 1. The fourth-order valence-electron chi connectivity index (χ4n) is 2.72. The molecule has 1 aliphatic rings. The molecule has 0 fully saturated rings. The number of benzene rings is 2. The molecule has 0 bridgehead atoms. The van der Waals surface area contributed by atoms with E-state index in [1.54, 1.807) is 12.1 Å². The van der Waals surface area contributed by atoms with Crippen LogP contribution in [-0.4, -0.2) is 38.0 Å². The molecule has 27 heavy (non-hydrogen) atoms. The van der Waals surface area contributed by atoms with Crippen LogP contribution in [0.4, 0.5) is 11.4 Å². The van der Waals surface area contributed by atoms with Crippen molar-refractivity contribution in [3.05, 3.63) is 53.6 Å². The molecular formula is C18H19N3O5S. The zero-order chi connectivity index (χ0) is 19.6. The van der Waals surface area contributed by atoms with E-state index in [2.05, 4.69) is 15.4 Å². The number of aromatic carboxylic acids is 1. The van der Waals surface area contributed by atoms with Crippen LogP contribution in [0.5, 0.6) is 0 Å². The van der Waals surface area contributed by atoms with E-state index in [1.165, 1.54) is 30.3 Å². The van der Waals surface area contributed by atoms with Crippen molar-refractivity contribution in [3.63, 3.8) is 0 Å². The van der Waals surface area contributed by atoms with Gasteiger partial charge in [-0.05, 0) is 43.7 Å². The van der Waals surface area contributed by atoms with Gasteiger partial charge in [0, 0.05) is 6.54 Å². The summed E-state index contributed by atoms with van der Waals surface area (Å²) in [5, 5.41) is 14.7. The van der Waals surface area contributed by atoms with Crippen molar-refractivity contribution in [2.24, 2.45) is 0 Å². The van der Waals surface area contributed by atoms with Crippen molar-refractivity contribution in [2.75, 3.05) is 17.2 Å². The van der Waals surface area contributed by atoms with Crippen LogP contribution in [0.25, 0.3) is 0 Å². The molecule has 0 saturated carbocycles. The minimum atomic E-state index is -3.66. The number of carboxylic acids is 1. The Morgan fingerprint density at radius 1 is 1.15 bits per heavy atom. The quantitative estimate of drug-likeness (QED) is 0.597. The van der Waals surface area contributed by atoms with Crippen LogP contribution < -0.4 is 15.4 Å². The van der Waals surface area contributed by atoms with Gasteiger partial charge in [-0.3, -0.25) is 4.79 Å². The number of nitrogens with one attached hydrogen (secondary N) is 3. The van der Waals surface area contributed by atoms with E-state index in [4.69, 9.17) is 5.11 Å². The second-order valence-corrected chi connectivity index (χ2v) is 8.02. The molecule has 1 atom stereocenters. The Balaban J connectivity index is 1.64. The number of carbonyl (C=O) groups is 2. The lowest BCUT2D eigenvalue weighted by Crippen LogP contribution is -2.41. The Hall–Kier alpha value is -2.91. The third kappa shape index (κ3) is 4.26. The summed E-state index contributed by atoms with van der Waals surface area (Å²) < 4.78 is 27.0. The van der Waals surface area contributed by atoms with Crippen LogP contribution in [0.15, 0.2) is 47.4 Å². The zero-order valence-electron chi connectivity index (χ0n) is 14.5. The first kappa shape index (κ1) is 18.9. The lowest BCUT2D eigenvalue weighted by atomic mass is 10.1. The average Bonchev–Trinajstić information content (AvgIpc) is 2.62. The van der Waals surface area contributed by atoms with Crippen molar-refractivity contribution >= 4 is 33.3 Å². The third-order valence-corrected chi connectivity index (χ3v) is 5.70. The first-order valence-electron chi connectivity index (χ1n) is 8.27. The molecule has 0 aromatic heterocycles. The molecule has 0 radical (unpaired) electrons. The van der Waals surface area contributed by atoms with Gasteiger partial charge < -0.3 is 15.7 Å². The first-order chi connectivity index (χ1) is 12.8. The molecule has 4 N–H and O–H groups in total. The third-order valence-electron chi connectivity index (χ3n) is 4.23. The van der Waals surface area contributed by atoms with Crippen LogP contribution in [-0.2, 0) is 14.8 Å². The molecule has 3 rings (SSSR count). The molecule has 1 heterocycles. The van der Waals surface area contributed by atoms with E-state index in [9.17, 15) is 18.0 Å². The topological polar surface area (TPSA) is 125 Å². The van der Waals surface area contributed by atoms with Gasteiger partial charge in [-0.2, -0.15) is 0 Å². The second-order valence-electron chi connectivity index (χ2n) is 6.25. The SMILES string of the molecule is Cc1ccc(S(=O)(=O)NCCC2Nc3cc(C(=O)O)ccc3NC2=O)cc1. The smallest absolute Gasteiger partial charge is 0.335 e. The number of sulfonamides is 1. The Morgan fingerprint density at radius 2 is 1.85 bits per heavy atom. The maximum absolute atomic E-state index is 12.3. The second kappa shape index (κ2) is 7.37. The molecule has 0 aliphatic carbocycles. The zero-order valence-corrected chi connectivity index (χ0v) is 15.3. The van der Waals surface area contributed by atoms with Crippen molar-refractivity contribution < 1.29 is 23.1 Å². The minimum Gasteiger partial charge on any atom is -0.478 e. The highest BCUT2D eigenvalue weighted by Crippen LogP contribution is 2.28. The Kier molecular flexibility index (Phi) is 5.15. The fourth-order valence-corrected chi connectivity index (χ4v) is 3.77. The van der Waals surface area contributed by atoms with Gasteiger partial charge in [0.15, 0.2) is 0 Å². The van der Waals surface area contributed by atoms with Gasteiger partial charge >= 0.3 is 5.97 Å². The monoisotopic (exact) mass is 389 g/mol. The van der Waals surface area contributed by atoms with E-state index >= 15 is 0 Å². The summed E-state index contributed by atoms with van der Waals surface area (Å²) in [4.78, 5) is 23.4. The molecule has 1 amide bonds. The minimum absolute atomic E-state index is 0.0508. The van der Waals surface area contributed by atoms with Crippen LogP contribution in [0.1, 0.15) is 22.3 Å². The van der Waals surface area contributed by atoms with Gasteiger partial charge in [0.25, 0.3) is 0 Å². The molecular weight excluding hydrogens is 370 g/mol. The molecule has 0 spiro atoms. The summed E-state index contributed by atoms with van der Waals surface area (Å²) in [6.07, 6.45) is 0.202. The highest BCUT2D eigenvalue weighted by atomic mass is 32.2. The lowest BCUT2D eigenvalue weighted by Gasteiger charge is -2.27. The number of carbonyl (C=O) groups excluding carboxylic acids is 1. The van der Waals surface area contributed by atoms with Gasteiger partial charge in [0.05, 0.1) is 21.8 Å². The highest BCUT2D eigenvalue weighted by molar-refractivity contribution is 7.89. The van der Waals surface area contributed by atoms with Crippen LogP contribution in [0.3, 0.4) is 0 Å². The Morgan fingerprint density at radius 3 is 2.52 bits per heavy atom. The number of aryl methyl sites for hydroxylation is 1. The lowest BCUT2D eigenvalue weighted by molar-refractivity contribution is -0.117. The number of amides is 1. The van der Waals surface area contributed by atoms with E-state index in [0.29, 0.717) is 11.4 Å². The summed E-state index contributed by atoms with van der Waals surface area (Å²) >= 11 is 0. The van der Waals surface area contributed by atoms with Crippen molar-refractivity contribution in [2.45, 2.75) is 24.3 Å². The van der Waals surface area contributed by atoms with E-state index < -0.39 is 22.0 Å². The first-order valence-corrected chi connectivity index (χ1v) is 9.76. The van der Waals surface area contributed by atoms with Gasteiger partial charge in [-0.25, -0.2) is 17.9 Å². The summed E-state index contributed by atoms with van der Waals surface area (Å²) in [5.74, 6) is -1.38. The maximum atomic E-state index is 12.3. The van der Waals surface area contributed by atoms with E-state index in [-0.39, 0.29) is 29.3 Å². The number of anilines is 2. The van der Waals surface area contributed by atoms with E-state index in [1.807, 2.05) is 6.92 Å². The van der Waals surface area contributed by atoms with E-state index in [0.717, 1.165) is 5.56 Å². The molecule has 2 aromatic carbocycles. The highest BCUT2D eigenvalue weighted by Gasteiger charge is 2.26.